The lowest BCUT2D eigenvalue weighted by molar-refractivity contribution is 0.109. The molecule has 2 rings (SSSR count). The molecular formula is C17H27FN2. The van der Waals surface area contributed by atoms with Gasteiger partial charge in [-0.3, -0.25) is 0 Å². The molecule has 0 spiro atoms. The Morgan fingerprint density at radius 1 is 1.30 bits per heavy atom. The quantitative estimate of drug-likeness (QED) is 0.914. The molecule has 1 aromatic rings. The Kier molecular flexibility index (Phi) is 4.82. The first kappa shape index (κ1) is 15.5. The average Bonchev–Trinajstić information content (AvgIpc) is 2.38. The Morgan fingerprint density at radius 3 is 2.60 bits per heavy atom. The van der Waals surface area contributed by atoms with Crippen LogP contribution in [-0.4, -0.2) is 24.5 Å². The smallest absolute Gasteiger partial charge is 0.123 e. The lowest BCUT2D eigenvalue weighted by atomic mass is 9.68. The second-order valence-electron chi connectivity index (χ2n) is 6.99. The van der Waals surface area contributed by atoms with Crippen LogP contribution in [0.4, 0.5) is 4.39 Å². The zero-order valence-electron chi connectivity index (χ0n) is 12.9. The second-order valence-corrected chi connectivity index (χ2v) is 6.99. The number of rotatable bonds is 4. The van der Waals surface area contributed by atoms with Crippen molar-refractivity contribution in [2.75, 3.05) is 13.6 Å². The van der Waals surface area contributed by atoms with Gasteiger partial charge in [-0.2, -0.15) is 0 Å². The van der Waals surface area contributed by atoms with Crippen LogP contribution in [0.1, 0.15) is 38.7 Å². The summed E-state index contributed by atoms with van der Waals surface area (Å²) in [5.41, 5.74) is 7.84. The fourth-order valence-electron chi connectivity index (χ4n) is 3.38. The van der Waals surface area contributed by atoms with Crippen LogP contribution in [0.2, 0.25) is 0 Å². The monoisotopic (exact) mass is 278 g/mol. The average molecular weight is 278 g/mol. The number of benzene rings is 1. The summed E-state index contributed by atoms with van der Waals surface area (Å²) in [6, 6.07) is 7.04. The SMILES string of the molecule is CN(Cc1ccc(F)cc1)CC1CCCC(C)(C)C1N. The van der Waals surface area contributed by atoms with E-state index >= 15 is 0 Å². The number of hydrogen-bond acceptors (Lipinski definition) is 2. The summed E-state index contributed by atoms with van der Waals surface area (Å²) < 4.78 is 12.9. The molecule has 0 heterocycles. The van der Waals surface area contributed by atoms with E-state index in [9.17, 15) is 4.39 Å². The highest BCUT2D eigenvalue weighted by atomic mass is 19.1. The van der Waals surface area contributed by atoms with E-state index in [-0.39, 0.29) is 17.3 Å². The van der Waals surface area contributed by atoms with E-state index < -0.39 is 0 Å². The van der Waals surface area contributed by atoms with Crippen LogP contribution in [0.15, 0.2) is 24.3 Å². The van der Waals surface area contributed by atoms with Crippen molar-refractivity contribution in [2.45, 2.75) is 45.7 Å². The van der Waals surface area contributed by atoms with Crippen molar-refractivity contribution in [2.24, 2.45) is 17.1 Å². The number of halogens is 1. The van der Waals surface area contributed by atoms with Crippen LogP contribution in [0.5, 0.6) is 0 Å². The van der Waals surface area contributed by atoms with E-state index in [0.717, 1.165) is 18.7 Å². The minimum atomic E-state index is -0.174. The van der Waals surface area contributed by atoms with Crippen LogP contribution in [-0.2, 0) is 6.54 Å². The molecule has 0 amide bonds. The largest absolute Gasteiger partial charge is 0.327 e. The first-order valence-electron chi connectivity index (χ1n) is 7.57. The van der Waals surface area contributed by atoms with Crippen molar-refractivity contribution in [1.29, 1.82) is 0 Å². The molecule has 2 unspecified atom stereocenters. The molecule has 1 aliphatic carbocycles. The molecule has 1 aliphatic rings. The van der Waals surface area contributed by atoms with Crippen molar-refractivity contribution < 1.29 is 4.39 Å². The molecule has 1 aromatic carbocycles. The van der Waals surface area contributed by atoms with Crippen molar-refractivity contribution >= 4 is 0 Å². The molecule has 0 aromatic heterocycles. The van der Waals surface area contributed by atoms with Gasteiger partial charge in [0.15, 0.2) is 0 Å². The van der Waals surface area contributed by atoms with E-state index in [1.54, 1.807) is 0 Å². The Morgan fingerprint density at radius 2 is 1.95 bits per heavy atom. The summed E-state index contributed by atoms with van der Waals surface area (Å²) in [5.74, 6) is 0.386. The van der Waals surface area contributed by atoms with Crippen LogP contribution in [0.25, 0.3) is 0 Å². The fourth-order valence-corrected chi connectivity index (χ4v) is 3.38. The lowest BCUT2D eigenvalue weighted by Crippen LogP contribution is -2.49. The van der Waals surface area contributed by atoms with Crippen LogP contribution >= 0.6 is 0 Å². The Balaban J connectivity index is 1.90. The van der Waals surface area contributed by atoms with Crippen molar-refractivity contribution in [3.05, 3.63) is 35.6 Å². The van der Waals surface area contributed by atoms with E-state index in [1.165, 1.54) is 31.4 Å². The normalized spacial score (nSPS) is 25.9. The molecule has 3 heteroatoms. The highest BCUT2D eigenvalue weighted by molar-refractivity contribution is 5.15. The van der Waals surface area contributed by atoms with Gasteiger partial charge in [0.05, 0.1) is 0 Å². The summed E-state index contributed by atoms with van der Waals surface area (Å²) >= 11 is 0. The van der Waals surface area contributed by atoms with Gasteiger partial charge in [-0.15, -0.1) is 0 Å². The van der Waals surface area contributed by atoms with Gasteiger partial charge in [0.25, 0.3) is 0 Å². The number of nitrogens with two attached hydrogens (primary N) is 1. The molecule has 0 saturated heterocycles. The first-order chi connectivity index (χ1) is 9.38. The molecule has 2 N–H and O–H groups in total. The van der Waals surface area contributed by atoms with Crippen LogP contribution in [0.3, 0.4) is 0 Å². The maximum atomic E-state index is 12.9. The standard InChI is InChI=1S/C17H27FN2/c1-17(2)10-4-5-14(16(17)19)12-20(3)11-13-6-8-15(18)9-7-13/h6-9,14,16H,4-5,10-12,19H2,1-3H3. The van der Waals surface area contributed by atoms with E-state index in [1.807, 2.05) is 12.1 Å². The summed E-state index contributed by atoms with van der Waals surface area (Å²) in [6.07, 6.45) is 3.72. The van der Waals surface area contributed by atoms with E-state index in [4.69, 9.17) is 5.73 Å². The number of nitrogens with zero attached hydrogens (tertiary/aromatic N) is 1. The first-order valence-corrected chi connectivity index (χ1v) is 7.57. The third-order valence-corrected chi connectivity index (χ3v) is 4.72. The Labute approximate surface area is 122 Å². The Hall–Kier alpha value is -0.930. The lowest BCUT2D eigenvalue weighted by Gasteiger charge is -2.43. The third kappa shape index (κ3) is 3.80. The molecular weight excluding hydrogens is 251 g/mol. The molecule has 0 radical (unpaired) electrons. The summed E-state index contributed by atoms with van der Waals surface area (Å²) in [7, 11) is 2.12. The predicted molar refractivity (Wildman–Crippen MR) is 81.8 cm³/mol. The molecule has 0 aliphatic heterocycles. The van der Waals surface area contributed by atoms with Gasteiger partial charge in [-0.25, -0.2) is 4.39 Å². The minimum Gasteiger partial charge on any atom is -0.327 e. The second kappa shape index (κ2) is 6.23. The summed E-state index contributed by atoms with van der Waals surface area (Å²) in [5, 5.41) is 0. The fraction of sp³-hybridized carbons (Fsp3) is 0.647. The number of hydrogen-bond donors (Lipinski definition) is 1. The highest BCUT2D eigenvalue weighted by Crippen LogP contribution is 2.37. The van der Waals surface area contributed by atoms with Crippen LogP contribution < -0.4 is 5.73 Å². The zero-order chi connectivity index (χ0) is 14.8. The van der Waals surface area contributed by atoms with Crippen molar-refractivity contribution in [1.82, 2.24) is 4.90 Å². The van der Waals surface area contributed by atoms with Gasteiger partial charge in [0.1, 0.15) is 5.82 Å². The summed E-state index contributed by atoms with van der Waals surface area (Å²) in [4.78, 5) is 2.30. The highest BCUT2D eigenvalue weighted by Gasteiger charge is 2.36. The van der Waals surface area contributed by atoms with Gasteiger partial charge in [0.2, 0.25) is 0 Å². The zero-order valence-corrected chi connectivity index (χ0v) is 12.9. The molecule has 112 valence electrons. The molecule has 0 bridgehead atoms. The predicted octanol–water partition coefficient (Wildman–Crippen LogP) is 3.41. The van der Waals surface area contributed by atoms with Crippen molar-refractivity contribution in [3.63, 3.8) is 0 Å². The van der Waals surface area contributed by atoms with Crippen molar-refractivity contribution in [3.8, 4) is 0 Å². The summed E-state index contributed by atoms with van der Waals surface area (Å²) in [6.45, 7) is 6.43. The third-order valence-electron chi connectivity index (χ3n) is 4.72. The van der Waals surface area contributed by atoms with Gasteiger partial charge >= 0.3 is 0 Å². The van der Waals surface area contributed by atoms with Gasteiger partial charge in [0, 0.05) is 19.1 Å². The van der Waals surface area contributed by atoms with E-state index in [2.05, 4.69) is 25.8 Å². The molecule has 2 atom stereocenters. The molecule has 1 saturated carbocycles. The van der Waals surface area contributed by atoms with Gasteiger partial charge in [-0.05, 0) is 48.9 Å². The van der Waals surface area contributed by atoms with Gasteiger partial charge in [-0.1, -0.05) is 32.4 Å². The maximum absolute atomic E-state index is 12.9. The molecule has 2 nitrogen and oxygen atoms in total. The molecule has 20 heavy (non-hydrogen) atoms. The minimum absolute atomic E-state index is 0.174. The maximum Gasteiger partial charge on any atom is 0.123 e. The van der Waals surface area contributed by atoms with Crippen LogP contribution in [0, 0.1) is 17.2 Å². The van der Waals surface area contributed by atoms with Gasteiger partial charge < -0.3 is 10.6 Å². The topological polar surface area (TPSA) is 29.3 Å². The molecule has 1 fully saturated rings. The van der Waals surface area contributed by atoms with E-state index in [0.29, 0.717) is 5.92 Å². The Bertz CT molecular complexity index is 427.